The van der Waals surface area contributed by atoms with Gasteiger partial charge in [0.15, 0.2) is 6.61 Å². The molecule has 2 amide bonds. The second-order valence-corrected chi connectivity index (χ2v) is 7.33. The van der Waals surface area contributed by atoms with Crippen LogP contribution in [0.5, 0.6) is 0 Å². The van der Waals surface area contributed by atoms with Crippen LogP contribution in [0.2, 0.25) is 20.1 Å². The number of esters is 1. The van der Waals surface area contributed by atoms with E-state index in [4.69, 9.17) is 51.1 Å². The van der Waals surface area contributed by atoms with E-state index in [2.05, 4.69) is 10.6 Å². The summed E-state index contributed by atoms with van der Waals surface area (Å²) in [5, 5.41) is 5.04. The standard InChI is InChI=1S/C16H18Cl4N2O4/c1-8(2)3-4-11(23)21-6-13(25)26-7-12(24)22-16-14(19)9(17)5-10(18)15(16)20/h5,8H,3-4,6-7H2,1-2H3,(H,21,23)(H,22,24). The fraction of sp³-hybridized carbons (Fsp3) is 0.438. The Balaban J connectivity index is 2.46. The van der Waals surface area contributed by atoms with E-state index in [1.807, 2.05) is 13.8 Å². The van der Waals surface area contributed by atoms with Crippen molar-refractivity contribution in [1.29, 1.82) is 0 Å². The Bertz CT molecular complexity index is 669. The maximum absolute atomic E-state index is 11.9. The molecular weight excluding hydrogens is 426 g/mol. The summed E-state index contributed by atoms with van der Waals surface area (Å²) in [5.41, 5.74) is 0.0221. The van der Waals surface area contributed by atoms with Crippen molar-refractivity contribution < 1.29 is 19.1 Å². The largest absolute Gasteiger partial charge is 0.454 e. The van der Waals surface area contributed by atoms with Crippen molar-refractivity contribution in [1.82, 2.24) is 5.32 Å². The smallest absolute Gasteiger partial charge is 0.325 e. The number of anilines is 1. The topological polar surface area (TPSA) is 84.5 Å². The van der Waals surface area contributed by atoms with Gasteiger partial charge in [0.1, 0.15) is 6.54 Å². The summed E-state index contributed by atoms with van der Waals surface area (Å²) in [5.74, 6) is -1.31. The molecule has 144 valence electrons. The summed E-state index contributed by atoms with van der Waals surface area (Å²) in [6, 6.07) is 1.34. The monoisotopic (exact) mass is 442 g/mol. The molecule has 0 bridgehead atoms. The van der Waals surface area contributed by atoms with Crippen LogP contribution in [-0.4, -0.2) is 30.9 Å². The molecule has 0 unspecified atom stereocenters. The van der Waals surface area contributed by atoms with Gasteiger partial charge < -0.3 is 15.4 Å². The first-order valence-electron chi connectivity index (χ1n) is 7.67. The van der Waals surface area contributed by atoms with Crippen LogP contribution < -0.4 is 10.6 Å². The van der Waals surface area contributed by atoms with Crippen molar-refractivity contribution in [2.45, 2.75) is 26.7 Å². The number of ether oxygens (including phenoxy) is 1. The Hall–Kier alpha value is -1.21. The molecule has 0 spiro atoms. The first kappa shape index (κ1) is 22.8. The molecule has 0 aromatic heterocycles. The summed E-state index contributed by atoms with van der Waals surface area (Å²) in [6.45, 7) is 3.07. The average Bonchev–Trinajstić information content (AvgIpc) is 2.58. The van der Waals surface area contributed by atoms with Crippen LogP contribution in [-0.2, 0) is 19.1 Å². The molecule has 26 heavy (non-hydrogen) atoms. The summed E-state index contributed by atoms with van der Waals surface area (Å²) in [7, 11) is 0. The first-order chi connectivity index (χ1) is 12.1. The van der Waals surface area contributed by atoms with Crippen molar-refractivity contribution >= 4 is 69.9 Å². The van der Waals surface area contributed by atoms with E-state index in [0.717, 1.165) is 0 Å². The number of carbonyl (C=O) groups excluding carboxylic acids is 3. The van der Waals surface area contributed by atoms with E-state index in [9.17, 15) is 14.4 Å². The Labute approximate surface area is 171 Å². The molecule has 1 rings (SSSR count). The Kier molecular flexibility index (Phi) is 9.50. The highest BCUT2D eigenvalue weighted by atomic mass is 35.5. The lowest BCUT2D eigenvalue weighted by Gasteiger charge is -2.12. The molecule has 0 saturated heterocycles. The number of amides is 2. The molecule has 10 heteroatoms. The minimum absolute atomic E-state index is 0.0122. The highest BCUT2D eigenvalue weighted by Gasteiger charge is 2.17. The molecule has 1 aromatic carbocycles. The SMILES string of the molecule is CC(C)CCC(=O)NCC(=O)OCC(=O)Nc1c(Cl)c(Cl)cc(Cl)c1Cl. The third-order valence-electron chi connectivity index (χ3n) is 3.12. The summed E-state index contributed by atoms with van der Waals surface area (Å²) < 4.78 is 4.77. The van der Waals surface area contributed by atoms with Crippen LogP contribution in [0.4, 0.5) is 5.69 Å². The fourth-order valence-electron chi connectivity index (χ4n) is 1.73. The maximum Gasteiger partial charge on any atom is 0.325 e. The predicted molar refractivity (Wildman–Crippen MR) is 103 cm³/mol. The van der Waals surface area contributed by atoms with E-state index in [0.29, 0.717) is 18.8 Å². The van der Waals surface area contributed by atoms with Crippen molar-refractivity contribution in [3.63, 3.8) is 0 Å². The molecule has 0 aliphatic carbocycles. The van der Waals surface area contributed by atoms with E-state index >= 15 is 0 Å². The van der Waals surface area contributed by atoms with Crippen LogP contribution in [0.15, 0.2) is 6.07 Å². The lowest BCUT2D eigenvalue weighted by atomic mass is 10.1. The van der Waals surface area contributed by atoms with Crippen LogP contribution in [0.3, 0.4) is 0 Å². The van der Waals surface area contributed by atoms with Crippen LogP contribution >= 0.6 is 46.4 Å². The molecule has 6 nitrogen and oxygen atoms in total. The van der Waals surface area contributed by atoms with E-state index in [1.54, 1.807) is 0 Å². The lowest BCUT2D eigenvalue weighted by molar-refractivity contribution is -0.147. The average molecular weight is 444 g/mol. The van der Waals surface area contributed by atoms with Gasteiger partial charge in [-0.25, -0.2) is 0 Å². The van der Waals surface area contributed by atoms with Gasteiger partial charge in [-0.1, -0.05) is 60.3 Å². The number of nitrogens with one attached hydrogen (secondary N) is 2. The van der Waals surface area contributed by atoms with E-state index < -0.39 is 18.5 Å². The third kappa shape index (κ3) is 7.58. The van der Waals surface area contributed by atoms with Gasteiger partial charge in [-0.3, -0.25) is 14.4 Å². The molecular formula is C16H18Cl4N2O4. The molecule has 1 aromatic rings. The van der Waals surface area contributed by atoms with Crippen LogP contribution in [0, 0.1) is 5.92 Å². The van der Waals surface area contributed by atoms with Gasteiger partial charge in [0.25, 0.3) is 5.91 Å². The quantitative estimate of drug-likeness (QED) is 0.462. The van der Waals surface area contributed by atoms with Gasteiger partial charge in [0.05, 0.1) is 25.8 Å². The Morgan fingerprint density at radius 3 is 2.15 bits per heavy atom. The van der Waals surface area contributed by atoms with Gasteiger partial charge in [0, 0.05) is 6.42 Å². The maximum atomic E-state index is 11.9. The third-order valence-corrected chi connectivity index (χ3v) is 4.69. The van der Waals surface area contributed by atoms with Gasteiger partial charge in [0.2, 0.25) is 5.91 Å². The molecule has 0 aliphatic heterocycles. The second kappa shape index (κ2) is 10.8. The molecule has 0 aliphatic rings. The number of halogens is 4. The van der Waals surface area contributed by atoms with E-state index in [-0.39, 0.29) is 38.2 Å². The molecule has 0 radical (unpaired) electrons. The van der Waals surface area contributed by atoms with Gasteiger partial charge >= 0.3 is 5.97 Å². The summed E-state index contributed by atoms with van der Waals surface area (Å²) in [6.07, 6.45) is 1.03. The lowest BCUT2D eigenvalue weighted by Crippen LogP contribution is -2.32. The van der Waals surface area contributed by atoms with Gasteiger partial charge in [-0.2, -0.15) is 0 Å². The van der Waals surface area contributed by atoms with E-state index in [1.165, 1.54) is 6.07 Å². The molecule has 2 N–H and O–H groups in total. The zero-order chi connectivity index (χ0) is 19.9. The highest BCUT2D eigenvalue weighted by Crippen LogP contribution is 2.40. The minimum atomic E-state index is -0.751. The second-order valence-electron chi connectivity index (χ2n) is 5.76. The summed E-state index contributed by atoms with van der Waals surface area (Å²) in [4.78, 5) is 35.0. The zero-order valence-electron chi connectivity index (χ0n) is 14.1. The Morgan fingerprint density at radius 2 is 1.62 bits per heavy atom. The Morgan fingerprint density at radius 1 is 1.04 bits per heavy atom. The van der Waals surface area contributed by atoms with Gasteiger partial charge in [-0.15, -0.1) is 0 Å². The van der Waals surface area contributed by atoms with Gasteiger partial charge in [-0.05, 0) is 18.4 Å². The number of benzene rings is 1. The molecule has 0 saturated carbocycles. The number of carbonyl (C=O) groups is 3. The zero-order valence-corrected chi connectivity index (χ0v) is 17.2. The number of rotatable bonds is 8. The predicted octanol–water partition coefficient (Wildman–Crippen LogP) is 4.33. The highest BCUT2D eigenvalue weighted by molar-refractivity contribution is 6.50. The minimum Gasteiger partial charge on any atom is -0.454 e. The van der Waals surface area contributed by atoms with Crippen molar-refractivity contribution in [3.05, 3.63) is 26.2 Å². The summed E-state index contributed by atoms with van der Waals surface area (Å²) >= 11 is 23.7. The van der Waals surface area contributed by atoms with Crippen LogP contribution in [0.25, 0.3) is 0 Å². The molecule has 0 fully saturated rings. The first-order valence-corrected chi connectivity index (χ1v) is 9.18. The van der Waals surface area contributed by atoms with Crippen molar-refractivity contribution in [2.24, 2.45) is 5.92 Å². The van der Waals surface area contributed by atoms with Crippen LogP contribution in [0.1, 0.15) is 26.7 Å². The number of hydrogen-bond acceptors (Lipinski definition) is 4. The van der Waals surface area contributed by atoms with Crippen molar-refractivity contribution in [3.8, 4) is 0 Å². The molecule has 0 atom stereocenters. The normalized spacial score (nSPS) is 10.6. The molecule has 0 heterocycles. The number of hydrogen-bond donors (Lipinski definition) is 2. The van der Waals surface area contributed by atoms with Crippen molar-refractivity contribution in [2.75, 3.05) is 18.5 Å². The fourth-order valence-corrected chi connectivity index (χ4v) is 2.64.